The minimum Gasteiger partial charge on any atom is -0.492 e. The van der Waals surface area contributed by atoms with E-state index in [2.05, 4.69) is 20.1 Å². The molecule has 0 amide bonds. The highest BCUT2D eigenvalue weighted by Gasteiger charge is 2.23. The molecule has 1 saturated heterocycles. The Balaban J connectivity index is 1.46. The highest BCUT2D eigenvalue weighted by molar-refractivity contribution is 6.32. The van der Waals surface area contributed by atoms with E-state index < -0.39 is 0 Å². The molecule has 3 heterocycles. The number of ether oxygens (including phenoxy) is 1. The maximum absolute atomic E-state index is 6.16. The van der Waals surface area contributed by atoms with Crippen molar-refractivity contribution in [3.05, 3.63) is 48.0 Å². The van der Waals surface area contributed by atoms with Crippen molar-refractivity contribution in [1.82, 2.24) is 19.6 Å². The Kier molecular flexibility index (Phi) is 4.21. The summed E-state index contributed by atoms with van der Waals surface area (Å²) in [7, 11) is 0. The number of benzene rings is 1. The van der Waals surface area contributed by atoms with Gasteiger partial charge in [0.1, 0.15) is 17.9 Å². The van der Waals surface area contributed by atoms with Gasteiger partial charge in [-0.25, -0.2) is 0 Å². The van der Waals surface area contributed by atoms with Crippen LogP contribution < -0.4 is 9.64 Å². The number of anilines is 1. The van der Waals surface area contributed by atoms with E-state index in [1.807, 2.05) is 34.9 Å². The Bertz CT molecular complexity index is 836. The molecule has 4 rings (SSSR count). The van der Waals surface area contributed by atoms with Crippen LogP contribution in [0.2, 0.25) is 5.02 Å². The molecule has 24 heavy (non-hydrogen) atoms. The lowest BCUT2D eigenvalue weighted by Gasteiger charge is -2.34. The van der Waals surface area contributed by atoms with Gasteiger partial charge in [-0.05, 0) is 25.0 Å². The second-order valence-electron chi connectivity index (χ2n) is 6.02. The first kappa shape index (κ1) is 15.2. The maximum atomic E-state index is 6.16. The molecule has 6 nitrogen and oxygen atoms in total. The average Bonchev–Trinajstić information content (AvgIpc) is 3.10. The van der Waals surface area contributed by atoms with Gasteiger partial charge in [-0.1, -0.05) is 23.7 Å². The molecule has 1 atom stereocenters. The Hall–Kier alpha value is -2.34. The topological polar surface area (TPSA) is 55.5 Å². The lowest BCUT2D eigenvalue weighted by atomic mass is 9.99. The quantitative estimate of drug-likeness (QED) is 0.728. The Morgan fingerprint density at radius 2 is 2.17 bits per heavy atom. The number of piperidine rings is 1. The number of hydrogen-bond donors (Lipinski definition) is 0. The fraction of sp³-hybridized carbons (Fsp3) is 0.353. The maximum Gasteiger partial charge on any atom is 0.180 e. The highest BCUT2D eigenvalue weighted by Crippen LogP contribution is 2.27. The van der Waals surface area contributed by atoms with Gasteiger partial charge in [-0.15, -0.1) is 10.2 Å². The Morgan fingerprint density at radius 3 is 3.08 bits per heavy atom. The van der Waals surface area contributed by atoms with E-state index in [0.29, 0.717) is 17.5 Å². The molecule has 1 aliphatic rings. The van der Waals surface area contributed by atoms with E-state index >= 15 is 0 Å². The molecule has 2 aromatic heterocycles. The van der Waals surface area contributed by atoms with Gasteiger partial charge in [0.25, 0.3) is 0 Å². The third-order valence-corrected chi connectivity index (χ3v) is 4.67. The van der Waals surface area contributed by atoms with Crippen LogP contribution >= 0.6 is 11.6 Å². The summed E-state index contributed by atoms with van der Waals surface area (Å²) in [6.07, 6.45) is 7.59. The van der Waals surface area contributed by atoms with Gasteiger partial charge in [0, 0.05) is 19.0 Å². The van der Waals surface area contributed by atoms with Crippen LogP contribution in [0, 0.1) is 5.92 Å². The lowest BCUT2D eigenvalue weighted by molar-refractivity contribution is 0.228. The van der Waals surface area contributed by atoms with Crippen molar-refractivity contribution in [2.45, 2.75) is 12.8 Å². The van der Waals surface area contributed by atoms with Crippen molar-refractivity contribution in [2.24, 2.45) is 5.92 Å². The monoisotopic (exact) mass is 343 g/mol. The van der Waals surface area contributed by atoms with Crippen LogP contribution in [0.25, 0.3) is 5.65 Å². The first-order valence-electron chi connectivity index (χ1n) is 8.07. The Morgan fingerprint density at radius 1 is 1.25 bits per heavy atom. The van der Waals surface area contributed by atoms with Crippen molar-refractivity contribution in [3.8, 4) is 5.75 Å². The third kappa shape index (κ3) is 3.01. The fourth-order valence-corrected chi connectivity index (χ4v) is 3.34. The summed E-state index contributed by atoms with van der Waals surface area (Å²) in [6, 6.07) is 7.60. The summed E-state index contributed by atoms with van der Waals surface area (Å²) in [5, 5.41) is 8.69. The lowest BCUT2D eigenvalue weighted by Crippen LogP contribution is -2.38. The molecule has 1 fully saturated rings. The molecule has 0 radical (unpaired) electrons. The predicted molar refractivity (Wildman–Crippen MR) is 92.7 cm³/mol. The Labute approximate surface area is 145 Å². The zero-order valence-corrected chi connectivity index (χ0v) is 13.9. The number of aromatic nitrogens is 4. The summed E-state index contributed by atoms with van der Waals surface area (Å²) < 4.78 is 7.90. The summed E-state index contributed by atoms with van der Waals surface area (Å²) in [6.45, 7) is 2.58. The van der Waals surface area contributed by atoms with E-state index in [4.69, 9.17) is 16.3 Å². The molecule has 0 spiro atoms. The molecule has 3 aromatic rings. The molecular weight excluding hydrogens is 326 g/mol. The minimum atomic E-state index is 0.446. The second kappa shape index (κ2) is 6.65. The van der Waals surface area contributed by atoms with Gasteiger partial charge in [-0.3, -0.25) is 9.38 Å². The summed E-state index contributed by atoms with van der Waals surface area (Å²) >= 11 is 6.16. The molecule has 0 aliphatic carbocycles. The van der Waals surface area contributed by atoms with Gasteiger partial charge < -0.3 is 9.64 Å². The number of fused-ring (bicyclic) bond motifs is 1. The van der Waals surface area contributed by atoms with Crippen LogP contribution in [0.5, 0.6) is 5.75 Å². The highest BCUT2D eigenvalue weighted by atomic mass is 35.5. The van der Waals surface area contributed by atoms with Crippen molar-refractivity contribution in [2.75, 3.05) is 24.6 Å². The number of hydrogen-bond acceptors (Lipinski definition) is 5. The molecule has 0 saturated carbocycles. The molecule has 1 aromatic carbocycles. The van der Waals surface area contributed by atoms with E-state index in [1.54, 1.807) is 12.5 Å². The van der Waals surface area contributed by atoms with Crippen LogP contribution in [0.1, 0.15) is 12.8 Å². The van der Waals surface area contributed by atoms with E-state index in [-0.39, 0.29) is 0 Å². The van der Waals surface area contributed by atoms with Gasteiger partial charge in [0.2, 0.25) is 0 Å². The van der Waals surface area contributed by atoms with Crippen LogP contribution in [0.4, 0.5) is 5.82 Å². The number of para-hydroxylation sites is 1. The van der Waals surface area contributed by atoms with Crippen molar-refractivity contribution < 1.29 is 4.74 Å². The molecule has 0 bridgehead atoms. The fourth-order valence-electron chi connectivity index (χ4n) is 3.15. The van der Waals surface area contributed by atoms with Crippen LogP contribution in [0.15, 0.2) is 43.0 Å². The third-order valence-electron chi connectivity index (χ3n) is 4.36. The molecule has 1 aliphatic heterocycles. The van der Waals surface area contributed by atoms with E-state index in [1.165, 1.54) is 0 Å². The van der Waals surface area contributed by atoms with Gasteiger partial charge in [0.15, 0.2) is 5.65 Å². The van der Waals surface area contributed by atoms with E-state index in [0.717, 1.165) is 43.1 Å². The van der Waals surface area contributed by atoms with Crippen molar-refractivity contribution in [1.29, 1.82) is 0 Å². The summed E-state index contributed by atoms with van der Waals surface area (Å²) in [5.74, 6) is 2.22. The van der Waals surface area contributed by atoms with Crippen LogP contribution in [-0.2, 0) is 0 Å². The number of rotatable bonds is 4. The van der Waals surface area contributed by atoms with Crippen molar-refractivity contribution in [3.63, 3.8) is 0 Å². The molecule has 124 valence electrons. The predicted octanol–water partition coefficient (Wildman–Crippen LogP) is 3.07. The normalized spacial score (nSPS) is 18.0. The van der Waals surface area contributed by atoms with Crippen molar-refractivity contribution >= 4 is 23.1 Å². The second-order valence-corrected chi connectivity index (χ2v) is 6.43. The average molecular weight is 344 g/mol. The van der Waals surface area contributed by atoms with Crippen LogP contribution in [-0.4, -0.2) is 39.3 Å². The molecule has 7 heteroatoms. The van der Waals surface area contributed by atoms with Gasteiger partial charge in [0.05, 0.1) is 24.0 Å². The largest absolute Gasteiger partial charge is 0.492 e. The first-order chi connectivity index (χ1) is 11.8. The molecule has 1 unspecified atom stereocenters. The van der Waals surface area contributed by atoms with Gasteiger partial charge in [-0.2, -0.15) is 0 Å². The number of nitrogens with zero attached hydrogens (tertiary/aromatic N) is 5. The van der Waals surface area contributed by atoms with Gasteiger partial charge >= 0.3 is 0 Å². The first-order valence-corrected chi connectivity index (χ1v) is 8.45. The SMILES string of the molecule is Clc1ccccc1OCC1CCCN(c2cncc3nncn23)C1. The molecular formula is C17H18ClN5O. The molecule has 0 N–H and O–H groups in total. The smallest absolute Gasteiger partial charge is 0.180 e. The van der Waals surface area contributed by atoms with Crippen LogP contribution in [0.3, 0.4) is 0 Å². The number of halogens is 1. The zero-order valence-electron chi connectivity index (χ0n) is 13.2. The summed E-state index contributed by atoms with van der Waals surface area (Å²) in [4.78, 5) is 6.60. The minimum absolute atomic E-state index is 0.446. The van der Waals surface area contributed by atoms with E-state index in [9.17, 15) is 0 Å². The zero-order chi connectivity index (χ0) is 16.4. The standard InChI is InChI=1S/C17H18ClN5O/c18-14-5-1-2-6-15(14)24-11-13-4-3-7-22(10-13)17-9-19-8-16-21-20-12-23(16)17/h1-2,5-6,8-9,12-13H,3-4,7,10-11H2. The summed E-state index contributed by atoms with van der Waals surface area (Å²) in [5.41, 5.74) is 0.766.